The number of benzene rings is 1. The van der Waals surface area contributed by atoms with Crippen LogP contribution in [0, 0.1) is 5.82 Å². The number of hydrogen-bond acceptors (Lipinski definition) is 3. The van der Waals surface area contributed by atoms with Crippen LogP contribution in [0.3, 0.4) is 0 Å². The van der Waals surface area contributed by atoms with E-state index in [2.05, 4.69) is 11.9 Å². The van der Waals surface area contributed by atoms with Crippen LogP contribution in [0.5, 0.6) is 0 Å². The molecule has 0 aromatic heterocycles. The van der Waals surface area contributed by atoms with Crippen LogP contribution in [0.25, 0.3) is 0 Å². The highest BCUT2D eigenvalue weighted by molar-refractivity contribution is 5.94. The van der Waals surface area contributed by atoms with Gasteiger partial charge < -0.3 is 14.9 Å². The Labute approximate surface area is 112 Å². The summed E-state index contributed by atoms with van der Waals surface area (Å²) in [6.07, 6.45) is 1.98. The smallest absolute Gasteiger partial charge is 0.337 e. The molecule has 1 heterocycles. The van der Waals surface area contributed by atoms with Gasteiger partial charge in [-0.15, -0.1) is 0 Å². The summed E-state index contributed by atoms with van der Waals surface area (Å²) >= 11 is 0. The number of halogens is 1. The SMILES string of the molecule is CN1CCC(N(C)c2ccc(F)cc2C(=O)O)CC1. The Hall–Kier alpha value is -1.62. The molecule has 1 aromatic rings. The number of likely N-dealkylation sites (tertiary alicyclic amines) is 1. The maximum Gasteiger partial charge on any atom is 0.337 e. The van der Waals surface area contributed by atoms with Crippen molar-refractivity contribution in [1.82, 2.24) is 4.90 Å². The molecule has 1 aliphatic heterocycles. The van der Waals surface area contributed by atoms with E-state index < -0.39 is 11.8 Å². The van der Waals surface area contributed by atoms with E-state index in [1.165, 1.54) is 6.07 Å². The Morgan fingerprint density at radius 1 is 1.42 bits per heavy atom. The van der Waals surface area contributed by atoms with Gasteiger partial charge in [0.1, 0.15) is 5.82 Å². The summed E-state index contributed by atoms with van der Waals surface area (Å²) in [5, 5.41) is 9.18. The van der Waals surface area contributed by atoms with Gasteiger partial charge in [-0.25, -0.2) is 9.18 Å². The van der Waals surface area contributed by atoms with Crippen LogP contribution in [-0.2, 0) is 0 Å². The van der Waals surface area contributed by atoms with E-state index in [0.29, 0.717) is 11.7 Å². The molecule has 1 saturated heterocycles. The molecule has 1 aromatic carbocycles. The van der Waals surface area contributed by atoms with Gasteiger partial charge in [0.25, 0.3) is 0 Å². The second-order valence-electron chi connectivity index (χ2n) is 5.11. The van der Waals surface area contributed by atoms with Crippen LogP contribution >= 0.6 is 0 Å². The van der Waals surface area contributed by atoms with E-state index in [0.717, 1.165) is 32.0 Å². The first kappa shape index (κ1) is 13.8. The molecule has 1 fully saturated rings. The largest absolute Gasteiger partial charge is 0.478 e. The van der Waals surface area contributed by atoms with Crippen LogP contribution in [0.1, 0.15) is 23.2 Å². The number of nitrogens with zero attached hydrogens (tertiary/aromatic N) is 2. The average Bonchev–Trinajstić information content (AvgIpc) is 2.38. The number of piperidine rings is 1. The van der Waals surface area contributed by atoms with Crippen molar-refractivity contribution in [3.05, 3.63) is 29.6 Å². The summed E-state index contributed by atoms with van der Waals surface area (Å²) in [7, 11) is 3.96. The fourth-order valence-electron chi connectivity index (χ4n) is 2.57. The van der Waals surface area contributed by atoms with Gasteiger partial charge in [0, 0.05) is 13.1 Å². The molecule has 0 atom stereocenters. The van der Waals surface area contributed by atoms with Gasteiger partial charge in [-0.1, -0.05) is 0 Å². The zero-order valence-electron chi connectivity index (χ0n) is 11.3. The number of aromatic carboxylic acids is 1. The minimum atomic E-state index is -1.09. The predicted molar refractivity (Wildman–Crippen MR) is 72.3 cm³/mol. The molecule has 4 nitrogen and oxygen atoms in total. The van der Waals surface area contributed by atoms with Crippen molar-refractivity contribution in [2.24, 2.45) is 0 Å². The number of carboxylic acids is 1. The molecule has 104 valence electrons. The van der Waals surface area contributed by atoms with Gasteiger partial charge in [-0.05, 0) is 51.2 Å². The standard InChI is InChI=1S/C14H19FN2O2/c1-16-7-5-11(6-8-16)17(2)13-4-3-10(15)9-12(13)14(18)19/h3-4,9,11H,5-8H2,1-2H3,(H,18,19). The van der Waals surface area contributed by atoms with E-state index in [4.69, 9.17) is 0 Å². The average molecular weight is 266 g/mol. The van der Waals surface area contributed by atoms with Gasteiger partial charge in [-0.2, -0.15) is 0 Å². The van der Waals surface area contributed by atoms with Crippen molar-refractivity contribution in [1.29, 1.82) is 0 Å². The van der Waals surface area contributed by atoms with Crippen LogP contribution in [0.15, 0.2) is 18.2 Å². The van der Waals surface area contributed by atoms with Gasteiger partial charge in [0.2, 0.25) is 0 Å². The highest BCUT2D eigenvalue weighted by atomic mass is 19.1. The third-order valence-corrected chi connectivity index (χ3v) is 3.80. The third kappa shape index (κ3) is 3.04. The van der Waals surface area contributed by atoms with Crippen molar-refractivity contribution in [2.75, 3.05) is 32.1 Å². The molecule has 0 amide bonds. The summed E-state index contributed by atoms with van der Waals surface area (Å²) < 4.78 is 13.2. The number of carbonyl (C=O) groups is 1. The molecule has 0 aliphatic carbocycles. The Morgan fingerprint density at radius 2 is 2.05 bits per heavy atom. The van der Waals surface area contributed by atoms with Crippen molar-refractivity contribution < 1.29 is 14.3 Å². The lowest BCUT2D eigenvalue weighted by Crippen LogP contribution is -2.42. The maximum absolute atomic E-state index is 13.2. The molecule has 0 bridgehead atoms. The van der Waals surface area contributed by atoms with E-state index in [9.17, 15) is 14.3 Å². The first-order valence-corrected chi connectivity index (χ1v) is 6.43. The van der Waals surface area contributed by atoms with Gasteiger partial charge in [0.05, 0.1) is 11.3 Å². The Balaban J connectivity index is 2.23. The van der Waals surface area contributed by atoms with Gasteiger partial charge in [0.15, 0.2) is 0 Å². The Bertz CT molecular complexity index is 471. The minimum absolute atomic E-state index is 0.0291. The molecule has 2 rings (SSSR count). The number of anilines is 1. The molecule has 0 radical (unpaired) electrons. The van der Waals surface area contributed by atoms with Crippen molar-refractivity contribution in [3.63, 3.8) is 0 Å². The summed E-state index contributed by atoms with van der Waals surface area (Å²) in [6.45, 7) is 2.00. The number of hydrogen-bond donors (Lipinski definition) is 1. The fourth-order valence-corrected chi connectivity index (χ4v) is 2.57. The lowest BCUT2D eigenvalue weighted by atomic mass is 10.0. The molecule has 19 heavy (non-hydrogen) atoms. The monoisotopic (exact) mass is 266 g/mol. The van der Waals surface area contributed by atoms with E-state index >= 15 is 0 Å². The van der Waals surface area contributed by atoms with Crippen LogP contribution in [-0.4, -0.2) is 49.2 Å². The lowest BCUT2D eigenvalue weighted by Gasteiger charge is -2.36. The van der Waals surface area contributed by atoms with E-state index in [1.54, 1.807) is 6.07 Å². The van der Waals surface area contributed by atoms with E-state index in [-0.39, 0.29) is 5.56 Å². The lowest BCUT2D eigenvalue weighted by molar-refractivity contribution is 0.0697. The number of carboxylic acid groups (broad SMARTS) is 1. The topological polar surface area (TPSA) is 43.8 Å². The van der Waals surface area contributed by atoms with Crippen LogP contribution in [0.2, 0.25) is 0 Å². The normalized spacial score (nSPS) is 17.4. The molecule has 1 N–H and O–H groups in total. The second-order valence-corrected chi connectivity index (χ2v) is 5.11. The molecule has 0 saturated carbocycles. The maximum atomic E-state index is 13.2. The molecular formula is C14H19FN2O2. The summed E-state index contributed by atoms with van der Waals surface area (Å²) in [6, 6.07) is 4.26. The molecular weight excluding hydrogens is 247 g/mol. The van der Waals surface area contributed by atoms with Gasteiger partial charge in [-0.3, -0.25) is 0 Å². The molecule has 0 spiro atoms. The fraction of sp³-hybridized carbons (Fsp3) is 0.500. The minimum Gasteiger partial charge on any atom is -0.478 e. The quantitative estimate of drug-likeness (QED) is 0.909. The van der Waals surface area contributed by atoms with E-state index in [1.807, 2.05) is 11.9 Å². The highest BCUT2D eigenvalue weighted by Gasteiger charge is 2.24. The first-order chi connectivity index (χ1) is 8.99. The first-order valence-electron chi connectivity index (χ1n) is 6.43. The third-order valence-electron chi connectivity index (χ3n) is 3.80. The highest BCUT2D eigenvalue weighted by Crippen LogP contribution is 2.26. The van der Waals surface area contributed by atoms with Crippen molar-refractivity contribution >= 4 is 11.7 Å². The zero-order valence-corrected chi connectivity index (χ0v) is 11.3. The van der Waals surface area contributed by atoms with Crippen LogP contribution in [0.4, 0.5) is 10.1 Å². The molecule has 0 unspecified atom stereocenters. The van der Waals surface area contributed by atoms with Gasteiger partial charge >= 0.3 is 5.97 Å². The van der Waals surface area contributed by atoms with Crippen molar-refractivity contribution in [3.8, 4) is 0 Å². The molecule has 1 aliphatic rings. The second kappa shape index (κ2) is 5.57. The summed E-state index contributed by atoms with van der Waals surface area (Å²) in [5.41, 5.74) is 0.616. The molecule has 5 heteroatoms. The number of rotatable bonds is 3. The van der Waals surface area contributed by atoms with Crippen molar-refractivity contribution in [2.45, 2.75) is 18.9 Å². The van der Waals surface area contributed by atoms with Crippen LogP contribution < -0.4 is 4.90 Å². The summed E-state index contributed by atoms with van der Waals surface area (Å²) in [5.74, 6) is -1.60. The Kier molecular flexibility index (Phi) is 4.04. The zero-order chi connectivity index (χ0) is 14.0. The Morgan fingerprint density at radius 3 is 2.63 bits per heavy atom. The predicted octanol–water partition coefficient (Wildman–Crippen LogP) is 2.05. The summed E-state index contributed by atoms with van der Waals surface area (Å²) in [4.78, 5) is 15.4.